The molecule has 0 spiro atoms. The lowest BCUT2D eigenvalue weighted by Crippen LogP contribution is -2.34. The number of hydrogen-bond donors (Lipinski definition) is 0. The topological polar surface area (TPSA) is 110 Å². The van der Waals surface area contributed by atoms with Gasteiger partial charge in [-0.25, -0.2) is 13.2 Å². The molecular formula is C11H11N3O5S. The first-order valence-corrected chi connectivity index (χ1v) is 7.24. The van der Waals surface area contributed by atoms with Crippen LogP contribution in [0.4, 0.5) is 5.69 Å². The fourth-order valence-electron chi connectivity index (χ4n) is 2.09. The average Bonchev–Trinajstić information content (AvgIpc) is 2.88. The van der Waals surface area contributed by atoms with Gasteiger partial charge in [0.15, 0.2) is 0 Å². The molecule has 8 nitrogen and oxygen atoms in total. The van der Waals surface area contributed by atoms with Gasteiger partial charge < -0.3 is 0 Å². The maximum Gasteiger partial charge on any atom is 0.270 e. The molecule has 0 saturated carbocycles. The minimum absolute atomic E-state index is 0.181. The first-order chi connectivity index (χ1) is 9.46. The third kappa shape index (κ3) is 2.60. The lowest BCUT2D eigenvalue weighted by Gasteiger charge is -2.19. The number of isocyanates is 1. The van der Waals surface area contributed by atoms with Crippen LogP contribution in [-0.2, 0) is 14.8 Å². The van der Waals surface area contributed by atoms with Gasteiger partial charge in [-0.3, -0.25) is 10.1 Å². The predicted octanol–water partition coefficient (Wildman–Crippen LogP) is 1.04. The van der Waals surface area contributed by atoms with Crippen LogP contribution in [0.1, 0.15) is 12.8 Å². The molecule has 1 aliphatic heterocycles. The van der Waals surface area contributed by atoms with E-state index in [9.17, 15) is 23.3 Å². The van der Waals surface area contributed by atoms with Gasteiger partial charge in [-0.05, 0) is 18.9 Å². The van der Waals surface area contributed by atoms with Crippen LogP contribution in [0.5, 0.6) is 0 Å². The molecule has 0 radical (unpaired) electrons. The number of non-ortho nitro benzene ring substituents is 1. The highest BCUT2D eigenvalue weighted by molar-refractivity contribution is 7.89. The quantitative estimate of drug-likeness (QED) is 0.357. The van der Waals surface area contributed by atoms with Crippen molar-refractivity contribution >= 4 is 21.8 Å². The van der Waals surface area contributed by atoms with E-state index in [4.69, 9.17) is 0 Å². The first-order valence-electron chi connectivity index (χ1n) is 5.80. The fraction of sp³-hybridized carbons (Fsp3) is 0.364. The minimum Gasteiger partial charge on any atom is -0.258 e. The molecule has 0 N–H and O–H groups in total. The number of rotatable bonds is 4. The van der Waals surface area contributed by atoms with Crippen molar-refractivity contribution in [1.29, 1.82) is 0 Å². The van der Waals surface area contributed by atoms with Gasteiger partial charge >= 0.3 is 0 Å². The normalized spacial score (nSPS) is 19.5. The van der Waals surface area contributed by atoms with Crippen molar-refractivity contribution in [2.45, 2.75) is 23.9 Å². The van der Waals surface area contributed by atoms with E-state index in [1.54, 1.807) is 0 Å². The van der Waals surface area contributed by atoms with Crippen molar-refractivity contribution in [3.8, 4) is 0 Å². The summed E-state index contributed by atoms with van der Waals surface area (Å²) in [4.78, 5) is 23.6. The molecule has 0 aliphatic carbocycles. The van der Waals surface area contributed by atoms with Crippen molar-refractivity contribution in [2.75, 3.05) is 6.54 Å². The SMILES string of the molecule is O=C=NC1CCCN1S(=O)(=O)c1cccc([N+](=O)[O-])c1. The van der Waals surface area contributed by atoms with E-state index in [2.05, 4.69) is 4.99 Å². The molecule has 1 aromatic carbocycles. The zero-order valence-electron chi connectivity index (χ0n) is 10.3. The molecule has 20 heavy (non-hydrogen) atoms. The maximum absolute atomic E-state index is 12.4. The van der Waals surface area contributed by atoms with Crippen molar-refractivity contribution < 1.29 is 18.1 Å². The zero-order valence-corrected chi connectivity index (χ0v) is 11.1. The van der Waals surface area contributed by atoms with Gasteiger partial charge in [0.1, 0.15) is 6.17 Å². The summed E-state index contributed by atoms with van der Waals surface area (Å²) in [5.41, 5.74) is -0.305. The smallest absolute Gasteiger partial charge is 0.258 e. The van der Waals surface area contributed by atoms with Gasteiger partial charge in [0, 0.05) is 18.7 Å². The fourth-order valence-corrected chi connectivity index (χ4v) is 3.72. The van der Waals surface area contributed by atoms with Crippen molar-refractivity contribution in [3.05, 3.63) is 34.4 Å². The van der Waals surface area contributed by atoms with Gasteiger partial charge in [0.05, 0.1) is 9.82 Å². The highest BCUT2D eigenvalue weighted by Crippen LogP contribution is 2.28. The first kappa shape index (κ1) is 14.3. The number of nitro benzene ring substituents is 1. The molecule has 1 fully saturated rings. The number of carbonyl (C=O) groups excluding carboxylic acids is 1. The summed E-state index contributed by atoms with van der Waals surface area (Å²) >= 11 is 0. The Kier molecular flexibility index (Phi) is 3.93. The van der Waals surface area contributed by atoms with Crippen LogP contribution in [-0.4, -0.2) is 36.4 Å². The van der Waals surface area contributed by atoms with E-state index >= 15 is 0 Å². The van der Waals surface area contributed by atoms with Crippen LogP contribution in [0.25, 0.3) is 0 Å². The molecule has 9 heteroatoms. The van der Waals surface area contributed by atoms with Gasteiger partial charge in [0.2, 0.25) is 16.1 Å². The van der Waals surface area contributed by atoms with Crippen LogP contribution in [0.2, 0.25) is 0 Å². The standard InChI is InChI=1S/C11H11N3O5S/c15-8-12-11-5-2-6-13(11)20(18,19)10-4-1-3-9(7-10)14(16)17/h1,3-4,7,11H,2,5-6H2. The van der Waals surface area contributed by atoms with Gasteiger partial charge in [-0.15, -0.1) is 0 Å². The van der Waals surface area contributed by atoms with Gasteiger partial charge in [0.25, 0.3) is 5.69 Å². The lowest BCUT2D eigenvalue weighted by atomic mass is 10.3. The molecule has 106 valence electrons. The number of nitrogens with zero attached hydrogens (tertiary/aromatic N) is 3. The molecular weight excluding hydrogens is 286 g/mol. The van der Waals surface area contributed by atoms with Crippen LogP contribution in [0.3, 0.4) is 0 Å². The number of hydrogen-bond acceptors (Lipinski definition) is 6. The molecule has 0 amide bonds. The van der Waals surface area contributed by atoms with E-state index < -0.39 is 21.1 Å². The van der Waals surface area contributed by atoms with E-state index in [0.29, 0.717) is 12.8 Å². The Morgan fingerprint density at radius 3 is 2.85 bits per heavy atom. The Morgan fingerprint density at radius 1 is 1.45 bits per heavy atom. The Morgan fingerprint density at radius 2 is 2.20 bits per heavy atom. The Hall–Kier alpha value is -2.09. The highest BCUT2D eigenvalue weighted by Gasteiger charge is 2.35. The number of benzene rings is 1. The summed E-state index contributed by atoms with van der Waals surface area (Å²) in [5, 5.41) is 10.7. The summed E-state index contributed by atoms with van der Waals surface area (Å²) < 4.78 is 25.9. The van der Waals surface area contributed by atoms with Crippen LogP contribution >= 0.6 is 0 Å². The third-order valence-electron chi connectivity index (χ3n) is 3.01. The molecule has 0 aromatic heterocycles. The van der Waals surface area contributed by atoms with Crippen molar-refractivity contribution in [3.63, 3.8) is 0 Å². The number of aliphatic imine (C=N–C) groups is 1. The molecule has 1 heterocycles. The van der Waals surface area contributed by atoms with Crippen LogP contribution in [0.15, 0.2) is 34.2 Å². The van der Waals surface area contributed by atoms with Crippen LogP contribution < -0.4 is 0 Å². The van der Waals surface area contributed by atoms with E-state index in [1.807, 2.05) is 0 Å². The number of sulfonamides is 1. The molecule has 1 saturated heterocycles. The van der Waals surface area contributed by atoms with Crippen molar-refractivity contribution in [2.24, 2.45) is 4.99 Å². The Bertz CT molecular complexity index is 681. The zero-order chi connectivity index (χ0) is 14.8. The highest BCUT2D eigenvalue weighted by atomic mass is 32.2. The second-order valence-corrected chi connectivity index (χ2v) is 6.10. The molecule has 0 bridgehead atoms. The summed E-state index contributed by atoms with van der Waals surface area (Å²) in [6, 6.07) is 4.79. The minimum atomic E-state index is -3.91. The van der Waals surface area contributed by atoms with E-state index in [0.717, 1.165) is 10.4 Å². The molecule has 1 atom stereocenters. The summed E-state index contributed by atoms with van der Waals surface area (Å²) in [6.07, 6.45) is 1.58. The largest absolute Gasteiger partial charge is 0.270 e. The predicted molar refractivity (Wildman–Crippen MR) is 68.1 cm³/mol. The van der Waals surface area contributed by atoms with E-state index in [1.165, 1.54) is 24.3 Å². The second-order valence-electron chi connectivity index (χ2n) is 4.21. The molecule has 2 rings (SSSR count). The third-order valence-corrected chi connectivity index (χ3v) is 4.90. The Balaban J connectivity index is 2.42. The van der Waals surface area contributed by atoms with Gasteiger partial charge in [-0.2, -0.15) is 9.30 Å². The average molecular weight is 297 g/mol. The maximum atomic E-state index is 12.4. The summed E-state index contributed by atoms with van der Waals surface area (Å²) in [7, 11) is -3.91. The van der Waals surface area contributed by atoms with Gasteiger partial charge in [-0.1, -0.05) is 6.07 Å². The molecule has 1 unspecified atom stereocenters. The molecule has 1 aliphatic rings. The van der Waals surface area contributed by atoms with Crippen LogP contribution in [0, 0.1) is 10.1 Å². The van der Waals surface area contributed by atoms with Crippen molar-refractivity contribution in [1.82, 2.24) is 4.31 Å². The lowest BCUT2D eigenvalue weighted by molar-refractivity contribution is -0.385. The van der Waals surface area contributed by atoms with E-state index in [-0.39, 0.29) is 17.1 Å². The Labute approximate surface area is 114 Å². The monoisotopic (exact) mass is 297 g/mol. The number of nitro groups is 1. The summed E-state index contributed by atoms with van der Waals surface area (Å²) in [6.45, 7) is 0.223. The summed E-state index contributed by atoms with van der Waals surface area (Å²) in [5.74, 6) is 0. The second kappa shape index (κ2) is 5.49. The molecule has 1 aromatic rings.